The van der Waals surface area contributed by atoms with E-state index in [4.69, 9.17) is 15.2 Å². The van der Waals surface area contributed by atoms with E-state index in [-0.39, 0.29) is 5.97 Å². The average Bonchev–Trinajstić information content (AvgIpc) is 2.91. The fourth-order valence-electron chi connectivity index (χ4n) is 2.20. The van der Waals surface area contributed by atoms with Crippen molar-refractivity contribution in [2.75, 3.05) is 18.9 Å². The lowest BCUT2D eigenvalue weighted by molar-refractivity contribution is 0.0461. The first-order valence-corrected chi connectivity index (χ1v) is 6.81. The number of anilines is 1. The van der Waals surface area contributed by atoms with Crippen molar-refractivity contribution >= 4 is 11.7 Å². The number of nitrogen functional groups attached to an aromatic ring is 1. The van der Waals surface area contributed by atoms with Crippen LogP contribution in [0.25, 0.3) is 0 Å². The normalized spacial score (nSPS) is 18.5. The number of aryl methyl sites for hydroxylation is 1. The highest BCUT2D eigenvalue weighted by atomic mass is 16.5. The second-order valence-electron chi connectivity index (χ2n) is 4.98. The summed E-state index contributed by atoms with van der Waals surface area (Å²) in [5.41, 5.74) is 7.87. The molecule has 1 fully saturated rings. The van der Waals surface area contributed by atoms with Gasteiger partial charge in [-0.25, -0.2) is 4.79 Å². The number of esters is 1. The number of benzene rings is 1. The lowest BCUT2D eigenvalue weighted by atomic mass is 10.1. The lowest BCUT2D eigenvalue weighted by Crippen LogP contribution is -2.10. The summed E-state index contributed by atoms with van der Waals surface area (Å²) in [4.78, 5) is 11.8. The van der Waals surface area contributed by atoms with Crippen LogP contribution in [-0.2, 0) is 9.47 Å². The van der Waals surface area contributed by atoms with Gasteiger partial charge in [0.05, 0.1) is 18.3 Å². The molecule has 1 atom stereocenters. The van der Waals surface area contributed by atoms with Gasteiger partial charge in [0.1, 0.15) is 0 Å². The maximum atomic E-state index is 11.8. The molecule has 1 unspecified atom stereocenters. The maximum absolute atomic E-state index is 11.8. The molecule has 1 heterocycles. The van der Waals surface area contributed by atoms with Crippen molar-refractivity contribution in [1.82, 2.24) is 0 Å². The SMILES string of the molecule is Cc1ccc(C(=O)OCCCC2CCCO2)cc1N. The molecule has 0 amide bonds. The van der Waals surface area contributed by atoms with Gasteiger partial charge in [0.15, 0.2) is 0 Å². The molecule has 0 aromatic heterocycles. The van der Waals surface area contributed by atoms with Gasteiger partial charge >= 0.3 is 5.97 Å². The molecule has 4 heteroatoms. The van der Waals surface area contributed by atoms with Gasteiger partial charge in [-0.05, 0) is 50.3 Å². The van der Waals surface area contributed by atoms with Gasteiger partial charge < -0.3 is 15.2 Å². The predicted octanol–water partition coefficient (Wildman–Crippen LogP) is 2.69. The number of rotatable bonds is 5. The second-order valence-corrected chi connectivity index (χ2v) is 4.98. The van der Waals surface area contributed by atoms with E-state index in [0.717, 1.165) is 37.9 Å². The Labute approximate surface area is 113 Å². The number of carbonyl (C=O) groups excluding carboxylic acids is 1. The van der Waals surface area contributed by atoms with Gasteiger partial charge in [0.25, 0.3) is 0 Å². The van der Waals surface area contributed by atoms with Crippen LogP contribution in [0.5, 0.6) is 0 Å². The van der Waals surface area contributed by atoms with Crippen LogP contribution in [-0.4, -0.2) is 25.3 Å². The Morgan fingerprint density at radius 3 is 3.05 bits per heavy atom. The van der Waals surface area contributed by atoms with E-state index in [9.17, 15) is 4.79 Å². The van der Waals surface area contributed by atoms with Gasteiger partial charge in [-0.2, -0.15) is 0 Å². The first-order valence-electron chi connectivity index (χ1n) is 6.81. The summed E-state index contributed by atoms with van der Waals surface area (Å²) in [6.45, 7) is 3.21. The number of nitrogens with two attached hydrogens (primary N) is 1. The van der Waals surface area contributed by atoms with Crippen LogP contribution in [0.4, 0.5) is 5.69 Å². The van der Waals surface area contributed by atoms with Crippen molar-refractivity contribution in [3.63, 3.8) is 0 Å². The highest BCUT2D eigenvalue weighted by Crippen LogP contribution is 2.17. The highest BCUT2D eigenvalue weighted by molar-refractivity contribution is 5.90. The largest absolute Gasteiger partial charge is 0.462 e. The number of hydrogen-bond acceptors (Lipinski definition) is 4. The summed E-state index contributed by atoms with van der Waals surface area (Å²) in [5.74, 6) is -0.306. The van der Waals surface area contributed by atoms with Crippen molar-refractivity contribution in [3.05, 3.63) is 29.3 Å². The van der Waals surface area contributed by atoms with E-state index in [1.54, 1.807) is 12.1 Å². The monoisotopic (exact) mass is 263 g/mol. The first kappa shape index (κ1) is 13.9. The summed E-state index contributed by atoms with van der Waals surface area (Å²) in [6.07, 6.45) is 4.44. The van der Waals surface area contributed by atoms with Gasteiger partial charge in [-0.1, -0.05) is 6.07 Å². The molecule has 104 valence electrons. The van der Waals surface area contributed by atoms with Crippen molar-refractivity contribution in [2.45, 2.75) is 38.7 Å². The third-order valence-corrected chi connectivity index (χ3v) is 3.44. The van der Waals surface area contributed by atoms with Gasteiger partial charge in [-0.3, -0.25) is 0 Å². The minimum absolute atomic E-state index is 0.306. The smallest absolute Gasteiger partial charge is 0.338 e. The summed E-state index contributed by atoms with van der Waals surface area (Å²) >= 11 is 0. The summed E-state index contributed by atoms with van der Waals surface area (Å²) in [5, 5.41) is 0. The van der Waals surface area contributed by atoms with E-state index in [1.165, 1.54) is 0 Å². The molecule has 1 aromatic carbocycles. The molecule has 4 nitrogen and oxygen atoms in total. The highest BCUT2D eigenvalue weighted by Gasteiger charge is 2.15. The van der Waals surface area contributed by atoms with Crippen molar-refractivity contribution in [3.8, 4) is 0 Å². The molecule has 0 bridgehead atoms. The van der Waals surface area contributed by atoms with Crippen LogP contribution in [0.15, 0.2) is 18.2 Å². The second kappa shape index (κ2) is 6.57. The first-order chi connectivity index (χ1) is 9.16. The Balaban J connectivity index is 1.72. The standard InChI is InChI=1S/C15H21NO3/c1-11-6-7-12(10-14(11)16)15(17)19-9-3-5-13-4-2-8-18-13/h6-7,10,13H,2-5,8-9,16H2,1H3. The molecule has 1 aliphatic heterocycles. The van der Waals surface area contributed by atoms with E-state index >= 15 is 0 Å². The van der Waals surface area contributed by atoms with Crippen LogP contribution in [0.3, 0.4) is 0 Å². The van der Waals surface area contributed by atoms with Crippen LogP contribution in [0.2, 0.25) is 0 Å². The van der Waals surface area contributed by atoms with Crippen molar-refractivity contribution < 1.29 is 14.3 Å². The van der Waals surface area contributed by atoms with Crippen LogP contribution < -0.4 is 5.73 Å². The van der Waals surface area contributed by atoms with Crippen LogP contribution in [0.1, 0.15) is 41.6 Å². The quantitative estimate of drug-likeness (QED) is 0.504. The third kappa shape index (κ3) is 3.96. The fraction of sp³-hybridized carbons (Fsp3) is 0.533. The summed E-state index contributed by atoms with van der Waals surface area (Å²) in [7, 11) is 0. The molecule has 1 aliphatic rings. The van der Waals surface area contributed by atoms with E-state index in [2.05, 4.69) is 0 Å². The maximum Gasteiger partial charge on any atom is 0.338 e. The third-order valence-electron chi connectivity index (χ3n) is 3.44. The Morgan fingerprint density at radius 1 is 1.53 bits per heavy atom. The molecule has 0 aliphatic carbocycles. The predicted molar refractivity (Wildman–Crippen MR) is 74.1 cm³/mol. The van der Waals surface area contributed by atoms with Gasteiger partial charge in [0.2, 0.25) is 0 Å². The Bertz CT molecular complexity index is 439. The molecule has 2 rings (SSSR count). The molecule has 0 spiro atoms. The molecular weight excluding hydrogens is 242 g/mol. The van der Waals surface area contributed by atoms with Crippen LogP contribution >= 0.6 is 0 Å². The fourth-order valence-corrected chi connectivity index (χ4v) is 2.20. The van der Waals surface area contributed by atoms with E-state index in [1.807, 2.05) is 13.0 Å². The molecule has 0 radical (unpaired) electrons. The molecule has 1 aromatic rings. The topological polar surface area (TPSA) is 61.5 Å². The van der Waals surface area contributed by atoms with E-state index in [0.29, 0.717) is 24.0 Å². The Morgan fingerprint density at radius 2 is 2.37 bits per heavy atom. The molecule has 2 N–H and O–H groups in total. The number of ether oxygens (including phenoxy) is 2. The van der Waals surface area contributed by atoms with Crippen molar-refractivity contribution in [1.29, 1.82) is 0 Å². The van der Waals surface area contributed by atoms with Crippen LogP contribution in [0, 0.1) is 6.92 Å². The van der Waals surface area contributed by atoms with E-state index < -0.39 is 0 Å². The van der Waals surface area contributed by atoms with Crippen molar-refractivity contribution in [2.24, 2.45) is 0 Å². The zero-order valence-corrected chi connectivity index (χ0v) is 11.4. The zero-order chi connectivity index (χ0) is 13.7. The molecular formula is C15H21NO3. The lowest BCUT2D eigenvalue weighted by Gasteiger charge is -2.09. The Hall–Kier alpha value is -1.55. The average molecular weight is 263 g/mol. The molecule has 0 saturated carbocycles. The molecule has 1 saturated heterocycles. The number of carbonyl (C=O) groups is 1. The minimum Gasteiger partial charge on any atom is -0.462 e. The zero-order valence-electron chi connectivity index (χ0n) is 11.4. The van der Waals surface area contributed by atoms with Gasteiger partial charge in [-0.15, -0.1) is 0 Å². The summed E-state index contributed by atoms with van der Waals surface area (Å²) in [6, 6.07) is 5.24. The molecule has 19 heavy (non-hydrogen) atoms. The van der Waals surface area contributed by atoms with Gasteiger partial charge in [0, 0.05) is 12.3 Å². The minimum atomic E-state index is -0.306. The summed E-state index contributed by atoms with van der Waals surface area (Å²) < 4.78 is 10.7. The Kier molecular flexibility index (Phi) is 4.80. The number of hydrogen-bond donors (Lipinski definition) is 1.